The largest absolute Gasteiger partial charge is 0.383 e. The molecule has 2 heterocycles. The Bertz CT molecular complexity index is 778. The SMILES string of the molecule is Cc1c(-c2cccc(Br)c2)[nH]c2nc(N)nc(N)c12. The van der Waals surface area contributed by atoms with E-state index < -0.39 is 0 Å². The van der Waals surface area contributed by atoms with E-state index in [1.54, 1.807) is 0 Å². The first-order valence-electron chi connectivity index (χ1n) is 5.73. The molecule has 0 saturated carbocycles. The molecule has 0 atom stereocenters. The summed E-state index contributed by atoms with van der Waals surface area (Å²) in [6.45, 7) is 1.99. The third kappa shape index (κ3) is 1.94. The number of aromatic amines is 1. The zero-order valence-corrected chi connectivity index (χ0v) is 11.8. The molecule has 0 amide bonds. The standard InChI is InChI=1S/C13H12BrN5/c1-6-9-11(15)18-13(16)19-12(9)17-10(6)7-3-2-4-8(14)5-7/h2-5H,1H3,(H5,15,16,17,18,19). The second-order valence-corrected chi connectivity index (χ2v) is 5.24. The molecule has 96 valence electrons. The van der Waals surface area contributed by atoms with Crippen molar-refractivity contribution in [2.45, 2.75) is 6.92 Å². The summed E-state index contributed by atoms with van der Waals surface area (Å²) < 4.78 is 1.02. The number of hydrogen-bond acceptors (Lipinski definition) is 4. The fourth-order valence-corrected chi connectivity index (χ4v) is 2.63. The molecule has 0 bridgehead atoms. The Morgan fingerprint density at radius 3 is 2.74 bits per heavy atom. The predicted molar refractivity (Wildman–Crippen MR) is 80.6 cm³/mol. The van der Waals surface area contributed by atoms with E-state index in [1.165, 1.54) is 0 Å². The van der Waals surface area contributed by atoms with Crippen LogP contribution >= 0.6 is 15.9 Å². The van der Waals surface area contributed by atoms with Gasteiger partial charge in [-0.2, -0.15) is 9.97 Å². The molecule has 0 spiro atoms. The number of fused-ring (bicyclic) bond motifs is 1. The normalized spacial score (nSPS) is 11.1. The van der Waals surface area contributed by atoms with Gasteiger partial charge in [0, 0.05) is 4.47 Å². The second kappa shape index (κ2) is 4.24. The number of halogens is 1. The summed E-state index contributed by atoms with van der Waals surface area (Å²) in [6.07, 6.45) is 0. The Balaban J connectivity index is 2.31. The van der Waals surface area contributed by atoms with E-state index in [0.717, 1.165) is 26.7 Å². The van der Waals surface area contributed by atoms with Gasteiger partial charge in [0.1, 0.15) is 11.5 Å². The minimum Gasteiger partial charge on any atom is -0.383 e. The van der Waals surface area contributed by atoms with Crippen molar-refractivity contribution in [2.75, 3.05) is 11.5 Å². The second-order valence-electron chi connectivity index (χ2n) is 4.33. The van der Waals surface area contributed by atoms with Crippen LogP contribution in [-0.4, -0.2) is 15.0 Å². The first-order valence-corrected chi connectivity index (χ1v) is 6.53. The summed E-state index contributed by atoms with van der Waals surface area (Å²) in [5.41, 5.74) is 15.3. The zero-order valence-electron chi connectivity index (χ0n) is 10.2. The smallest absolute Gasteiger partial charge is 0.223 e. The molecule has 0 aliphatic carbocycles. The van der Waals surface area contributed by atoms with Crippen molar-refractivity contribution in [2.24, 2.45) is 0 Å². The molecule has 1 aromatic carbocycles. The molecule has 0 aliphatic heterocycles. The highest BCUT2D eigenvalue weighted by atomic mass is 79.9. The van der Waals surface area contributed by atoms with E-state index in [-0.39, 0.29) is 5.95 Å². The summed E-state index contributed by atoms with van der Waals surface area (Å²) in [6, 6.07) is 8.02. The molecule has 5 N–H and O–H groups in total. The highest BCUT2D eigenvalue weighted by Gasteiger charge is 2.14. The van der Waals surface area contributed by atoms with Gasteiger partial charge >= 0.3 is 0 Å². The van der Waals surface area contributed by atoms with Crippen LogP contribution < -0.4 is 11.5 Å². The maximum atomic E-state index is 5.92. The monoisotopic (exact) mass is 317 g/mol. The van der Waals surface area contributed by atoms with E-state index in [1.807, 2.05) is 31.2 Å². The average molecular weight is 318 g/mol. The Labute approximate surface area is 118 Å². The minimum atomic E-state index is 0.173. The van der Waals surface area contributed by atoms with Gasteiger partial charge in [0.2, 0.25) is 5.95 Å². The molecule has 0 unspecified atom stereocenters. The number of benzene rings is 1. The number of rotatable bonds is 1. The molecular formula is C13H12BrN5. The Kier molecular flexibility index (Phi) is 2.67. The van der Waals surface area contributed by atoms with Gasteiger partial charge in [-0.15, -0.1) is 0 Å². The molecule has 5 nitrogen and oxygen atoms in total. The Morgan fingerprint density at radius 1 is 1.21 bits per heavy atom. The van der Waals surface area contributed by atoms with Crippen LogP contribution in [0.3, 0.4) is 0 Å². The lowest BCUT2D eigenvalue weighted by atomic mass is 10.1. The fraction of sp³-hybridized carbons (Fsp3) is 0.0769. The number of nitrogen functional groups attached to an aromatic ring is 2. The van der Waals surface area contributed by atoms with Crippen LogP contribution in [0.1, 0.15) is 5.56 Å². The van der Waals surface area contributed by atoms with Crippen molar-refractivity contribution < 1.29 is 0 Å². The Hall–Kier alpha value is -2.08. The predicted octanol–water partition coefficient (Wildman–Crippen LogP) is 2.86. The van der Waals surface area contributed by atoms with Gasteiger partial charge in [0.25, 0.3) is 0 Å². The number of aryl methyl sites for hydroxylation is 1. The van der Waals surface area contributed by atoms with Gasteiger partial charge in [-0.25, -0.2) is 0 Å². The van der Waals surface area contributed by atoms with E-state index in [0.29, 0.717) is 11.5 Å². The fourth-order valence-electron chi connectivity index (χ4n) is 2.23. The van der Waals surface area contributed by atoms with Gasteiger partial charge in [0.15, 0.2) is 0 Å². The third-order valence-corrected chi connectivity index (χ3v) is 3.55. The molecule has 19 heavy (non-hydrogen) atoms. The average Bonchev–Trinajstić information content (AvgIpc) is 2.66. The van der Waals surface area contributed by atoms with Gasteiger partial charge < -0.3 is 16.5 Å². The molecule has 0 radical (unpaired) electrons. The topological polar surface area (TPSA) is 93.6 Å². The van der Waals surface area contributed by atoms with E-state index in [4.69, 9.17) is 11.5 Å². The van der Waals surface area contributed by atoms with Crippen LogP contribution in [-0.2, 0) is 0 Å². The molecule has 0 aliphatic rings. The lowest BCUT2D eigenvalue weighted by molar-refractivity contribution is 1.22. The summed E-state index contributed by atoms with van der Waals surface area (Å²) in [5, 5.41) is 0.823. The number of H-pyrrole nitrogens is 1. The van der Waals surface area contributed by atoms with Crippen molar-refractivity contribution in [3.8, 4) is 11.3 Å². The van der Waals surface area contributed by atoms with Crippen molar-refractivity contribution >= 4 is 38.7 Å². The van der Waals surface area contributed by atoms with Crippen molar-refractivity contribution in [1.82, 2.24) is 15.0 Å². The number of nitrogens with one attached hydrogen (secondary N) is 1. The number of anilines is 2. The van der Waals surface area contributed by atoms with Gasteiger partial charge in [-0.1, -0.05) is 28.1 Å². The van der Waals surface area contributed by atoms with Gasteiger partial charge in [-0.05, 0) is 30.2 Å². The number of aromatic nitrogens is 3. The van der Waals surface area contributed by atoms with Crippen LogP contribution in [0.15, 0.2) is 28.7 Å². The van der Waals surface area contributed by atoms with Crippen molar-refractivity contribution in [3.05, 3.63) is 34.3 Å². The molecular weight excluding hydrogens is 306 g/mol. The third-order valence-electron chi connectivity index (χ3n) is 3.06. The summed E-state index contributed by atoms with van der Waals surface area (Å²) in [4.78, 5) is 11.4. The molecule has 3 aromatic rings. The van der Waals surface area contributed by atoms with Gasteiger partial charge in [0.05, 0.1) is 11.1 Å². The molecule has 3 rings (SSSR count). The quantitative estimate of drug-likeness (QED) is 0.643. The van der Waals surface area contributed by atoms with E-state index in [9.17, 15) is 0 Å². The summed E-state index contributed by atoms with van der Waals surface area (Å²) >= 11 is 3.47. The van der Waals surface area contributed by atoms with Gasteiger partial charge in [-0.3, -0.25) is 0 Å². The maximum Gasteiger partial charge on any atom is 0.223 e. The molecule has 0 fully saturated rings. The highest BCUT2D eigenvalue weighted by molar-refractivity contribution is 9.10. The lowest BCUT2D eigenvalue weighted by Gasteiger charge is -2.01. The number of nitrogens with two attached hydrogens (primary N) is 2. The van der Waals surface area contributed by atoms with E-state index >= 15 is 0 Å². The van der Waals surface area contributed by atoms with Crippen LogP contribution in [0.5, 0.6) is 0 Å². The molecule has 6 heteroatoms. The van der Waals surface area contributed by atoms with Crippen molar-refractivity contribution in [1.29, 1.82) is 0 Å². The molecule has 2 aromatic heterocycles. The first-order chi connectivity index (χ1) is 9.06. The van der Waals surface area contributed by atoms with Crippen LogP contribution in [0.2, 0.25) is 0 Å². The van der Waals surface area contributed by atoms with Crippen LogP contribution in [0.25, 0.3) is 22.3 Å². The van der Waals surface area contributed by atoms with Crippen molar-refractivity contribution in [3.63, 3.8) is 0 Å². The first kappa shape index (κ1) is 12.0. The van der Waals surface area contributed by atoms with E-state index in [2.05, 4.69) is 30.9 Å². The minimum absolute atomic E-state index is 0.173. The number of nitrogens with zero attached hydrogens (tertiary/aromatic N) is 2. The molecule has 0 saturated heterocycles. The van der Waals surface area contributed by atoms with Crippen LogP contribution in [0.4, 0.5) is 11.8 Å². The lowest BCUT2D eigenvalue weighted by Crippen LogP contribution is -1.99. The summed E-state index contributed by atoms with van der Waals surface area (Å²) in [7, 11) is 0. The maximum absolute atomic E-state index is 5.92. The summed E-state index contributed by atoms with van der Waals surface area (Å²) in [5.74, 6) is 0.574. The van der Waals surface area contributed by atoms with Crippen LogP contribution in [0, 0.1) is 6.92 Å². The zero-order chi connectivity index (χ0) is 13.6. The number of hydrogen-bond donors (Lipinski definition) is 3. The Morgan fingerprint density at radius 2 is 2.00 bits per heavy atom. The highest BCUT2D eigenvalue weighted by Crippen LogP contribution is 2.32.